The first-order valence-corrected chi connectivity index (χ1v) is 12.4. The van der Waals surface area contributed by atoms with Crippen LogP contribution in [0.25, 0.3) is 0 Å². The van der Waals surface area contributed by atoms with Gasteiger partial charge < -0.3 is 24.4 Å². The largest absolute Gasteiger partial charge is 0.491 e. The molecule has 1 heterocycles. The number of ether oxygens (including phenoxy) is 3. The summed E-state index contributed by atoms with van der Waals surface area (Å²) in [6, 6.07) is 17.1. The van der Waals surface area contributed by atoms with Gasteiger partial charge in [-0.2, -0.15) is 0 Å². The Morgan fingerprint density at radius 3 is 2.44 bits per heavy atom. The van der Waals surface area contributed by atoms with Gasteiger partial charge >= 0.3 is 0 Å². The van der Waals surface area contributed by atoms with Gasteiger partial charge in [0.15, 0.2) is 5.78 Å². The molecule has 1 aliphatic rings. The highest BCUT2D eigenvalue weighted by atomic mass is 35.5. The molecule has 34 heavy (non-hydrogen) atoms. The van der Waals surface area contributed by atoms with Gasteiger partial charge in [-0.15, -0.1) is 11.6 Å². The Morgan fingerprint density at radius 1 is 0.971 bits per heavy atom. The molecule has 4 atom stereocenters. The number of aliphatic hydroxyl groups excluding tert-OH is 2. The van der Waals surface area contributed by atoms with Crippen LogP contribution in [0.3, 0.4) is 0 Å². The predicted octanol–water partition coefficient (Wildman–Crippen LogP) is 4.19. The number of carbonyl (C=O) groups excluding carboxylic acids is 1. The molecule has 1 saturated heterocycles. The van der Waals surface area contributed by atoms with Gasteiger partial charge in [0.05, 0.1) is 49.1 Å². The molecule has 0 spiro atoms. The van der Waals surface area contributed by atoms with Gasteiger partial charge in [-0.05, 0) is 49.8 Å². The molecule has 3 rings (SSSR count). The van der Waals surface area contributed by atoms with E-state index < -0.39 is 17.6 Å². The molecule has 2 aromatic carbocycles. The normalized spacial score (nSPS) is 17.7. The number of alkyl halides is 1. The van der Waals surface area contributed by atoms with Crippen LogP contribution in [-0.2, 0) is 15.9 Å². The van der Waals surface area contributed by atoms with E-state index in [1.54, 1.807) is 12.1 Å². The molecule has 0 radical (unpaired) electrons. The molecule has 0 saturated carbocycles. The first-order valence-electron chi connectivity index (χ1n) is 12.0. The zero-order valence-corrected chi connectivity index (χ0v) is 20.2. The first-order chi connectivity index (χ1) is 16.5. The van der Waals surface area contributed by atoms with Crippen LogP contribution < -0.4 is 4.74 Å². The summed E-state index contributed by atoms with van der Waals surface area (Å²) in [5.41, 5.74) is 1.67. The maximum atomic E-state index is 12.7. The molecule has 1 fully saturated rings. The van der Waals surface area contributed by atoms with E-state index in [-0.39, 0.29) is 25.6 Å². The van der Waals surface area contributed by atoms with Gasteiger partial charge in [-0.3, -0.25) is 4.79 Å². The quantitative estimate of drug-likeness (QED) is 0.196. The zero-order valence-electron chi connectivity index (χ0n) is 19.5. The van der Waals surface area contributed by atoms with Crippen LogP contribution in [-0.4, -0.2) is 66.1 Å². The average molecular weight is 491 g/mol. The summed E-state index contributed by atoms with van der Waals surface area (Å²) in [7, 11) is 0. The Hall–Kier alpha value is -1.96. The number of carbonyl (C=O) groups is 1. The molecule has 0 aliphatic carbocycles. The van der Waals surface area contributed by atoms with E-state index in [4.69, 9.17) is 25.8 Å². The number of ketones is 1. The van der Waals surface area contributed by atoms with Crippen LogP contribution in [0.1, 0.15) is 48.0 Å². The second kappa shape index (κ2) is 14.4. The topological polar surface area (TPSA) is 88.5 Å². The highest BCUT2D eigenvalue weighted by molar-refractivity contribution is 6.20. The number of hydrogen-bond donors (Lipinski definition) is 2. The third-order valence-electron chi connectivity index (χ3n) is 5.76. The molecule has 0 amide bonds. The van der Waals surface area contributed by atoms with Crippen molar-refractivity contribution in [2.75, 3.05) is 26.4 Å². The van der Waals surface area contributed by atoms with Crippen molar-refractivity contribution in [2.24, 2.45) is 0 Å². The minimum absolute atomic E-state index is 0.0248. The second-order valence-electron chi connectivity index (χ2n) is 8.77. The van der Waals surface area contributed by atoms with Crippen molar-refractivity contribution in [3.8, 4) is 5.75 Å². The van der Waals surface area contributed by atoms with E-state index >= 15 is 0 Å². The van der Waals surface area contributed by atoms with Crippen molar-refractivity contribution in [2.45, 2.75) is 62.2 Å². The molecule has 4 unspecified atom stereocenters. The van der Waals surface area contributed by atoms with Crippen molar-refractivity contribution in [3.63, 3.8) is 0 Å². The summed E-state index contributed by atoms with van der Waals surface area (Å²) >= 11 is 6.32. The molecule has 7 heteroatoms. The van der Waals surface area contributed by atoms with Crippen LogP contribution in [0.4, 0.5) is 0 Å². The molecule has 0 aromatic heterocycles. The number of para-hydroxylation sites is 1. The third-order valence-corrected chi connectivity index (χ3v) is 6.01. The Morgan fingerprint density at radius 2 is 1.68 bits per heavy atom. The molecule has 2 N–H and O–H groups in total. The third kappa shape index (κ3) is 10.1. The summed E-state index contributed by atoms with van der Waals surface area (Å²) < 4.78 is 16.5. The molecule has 2 aromatic rings. The number of hydrogen-bond acceptors (Lipinski definition) is 6. The predicted molar refractivity (Wildman–Crippen MR) is 132 cm³/mol. The minimum atomic E-state index is -0.653. The lowest BCUT2D eigenvalue weighted by atomic mass is 10.0. The lowest BCUT2D eigenvalue weighted by molar-refractivity contribution is 0.0204. The zero-order chi connectivity index (χ0) is 24.2. The summed E-state index contributed by atoms with van der Waals surface area (Å²) in [4.78, 5) is 12.7. The lowest BCUT2D eigenvalue weighted by Gasteiger charge is -2.17. The van der Waals surface area contributed by atoms with Crippen molar-refractivity contribution in [1.29, 1.82) is 0 Å². The fourth-order valence-electron chi connectivity index (χ4n) is 3.65. The van der Waals surface area contributed by atoms with Gasteiger partial charge in [-0.25, -0.2) is 0 Å². The van der Waals surface area contributed by atoms with Gasteiger partial charge in [0.2, 0.25) is 0 Å². The van der Waals surface area contributed by atoms with E-state index in [1.165, 1.54) is 0 Å². The number of halogens is 1. The maximum absolute atomic E-state index is 12.7. The van der Waals surface area contributed by atoms with Crippen molar-refractivity contribution in [1.82, 2.24) is 0 Å². The molecule has 6 nitrogen and oxygen atoms in total. The number of rotatable bonds is 17. The summed E-state index contributed by atoms with van der Waals surface area (Å²) in [6.45, 7) is 1.34. The van der Waals surface area contributed by atoms with Crippen molar-refractivity contribution in [3.05, 3.63) is 65.7 Å². The molecule has 186 valence electrons. The number of Topliss-reactive ketones (excluding diaryl/α,β-unsaturated/α-hetero) is 1. The van der Waals surface area contributed by atoms with E-state index in [2.05, 4.69) is 0 Å². The van der Waals surface area contributed by atoms with Gasteiger partial charge in [-0.1, -0.05) is 42.5 Å². The summed E-state index contributed by atoms with van der Waals surface area (Å²) in [6.07, 6.45) is 2.86. The average Bonchev–Trinajstić information content (AvgIpc) is 3.69. The minimum Gasteiger partial charge on any atom is -0.491 e. The van der Waals surface area contributed by atoms with Crippen LogP contribution in [0.2, 0.25) is 0 Å². The van der Waals surface area contributed by atoms with Crippen LogP contribution in [0.15, 0.2) is 54.6 Å². The number of epoxide rings is 1. The Balaban J connectivity index is 1.32. The smallest absolute Gasteiger partial charge is 0.166 e. The fourth-order valence-corrected chi connectivity index (χ4v) is 3.80. The Bertz CT molecular complexity index is 857. The number of benzene rings is 2. The SMILES string of the molecule is O=C(CCc1ccccc1)c1ccccc1OCC(Cl)COCC(O)CCC(O)CCC1CO1. The molecular weight excluding hydrogens is 456 g/mol. The summed E-state index contributed by atoms with van der Waals surface area (Å²) in [5.74, 6) is 0.536. The maximum Gasteiger partial charge on any atom is 0.166 e. The first kappa shape index (κ1) is 26.6. The van der Waals surface area contributed by atoms with E-state index in [9.17, 15) is 15.0 Å². The molecular formula is C27H35ClO6. The van der Waals surface area contributed by atoms with Gasteiger partial charge in [0.25, 0.3) is 0 Å². The molecule has 0 bridgehead atoms. The van der Waals surface area contributed by atoms with Crippen LogP contribution in [0, 0.1) is 0 Å². The highest BCUT2D eigenvalue weighted by Gasteiger charge is 2.23. The lowest BCUT2D eigenvalue weighted by Crippen LogP contribution is -2.24. The standard InChI is InChI=1S/C27H35ClO6/c28-21(16-32-18-23(30)12-11-22(29)13-14-24-19-33-24)17-34-27-9-5-4-8-25(27)26(31)15-10-20-6-2-1-3-7-20/h1-9,21-24,29-30H,10-19H2. The van der Waals surface area contributed by atoms with Crippen LogP contribution in [0.5, 0.6) is 5.75 Å². The fraction of sp³-hybridized carbons (Fsp3) is 0.519. The van der Waals surface area contributed by atoms with E-state index in [0.29, 0.717) is 49.5 Å². The monoisotopic (exact) mass is 490 g/mol. The highest BCUT2D eigenvalue weighted by Crippen LogP contribution is 2.22. The van der Waals surface area contributed by atoms with E-state index in [1.807, 2.05) is 42.5 Å². The molecule has 1 aliphatic heterocycles. The van der Waals surface area contributed by atoms with Crippen LogP contribution >= 0.6 is 11.6 Å². The van der Waals surface area contributed by atoms with Gasteiger partial charge in [0.1, 0.15) is 12.4 Å². The van der Waals surface area contributed by atoms with Gasteiger partial charge in [0, 0.05) is 6.42 Å². The number of aryl methyl sites for hydroxylation is 1. The summed E-state index contributed by atoms with van der Waals surface area (Å²) in [5, 5.41) is 19.6. The van der Waals surface area contributed by atoms with E-state index in [0.717, 1.165) is 18.6 Å². The Labute approximate surface area is 206 Å². The second-order valence-corrected chi connectivity index (χ2v) is 9.39. The van der Waals surface area contributed by atoms with Crippen molar-refractivity contribution >= 4 is 17.4 Å². The van der Waals surface area contributed by atoms with Crippen molar-refractivity contribution < 1.29 is 29.2 Å². The Kier molecular flexibility index (Phi) is 11.3. The number of aliphatic hydroxyl groups is 2.